The molecule has 1 aromatic heterocycles. The highest BCUT2D eigenvalue weighted by molar-refractivity contribution is 7.08. The molecular formula is C11H16N2O2S. The molecule has 0 bridgehead atoms. The Morgan fingerprint density at radius 3 is 3.19 bits per heavy atom. The van der Waals surface area contributed by atoms with E-state index in [1.54, 1.807) is 11.3 Å². The second-order valence-electron chi connectivity index (χ2n) is 3.88. The van der Waals surface area contributed by atoms with Gasteiger partial charge in [-0.15, -0.1) is 0 Å². The zero-order valence-corrected chi connectivity index (χ0v) is 10.1. The molecule has 1 aliphatic rings. The van der Waals surface area contributed by atoms with Crippen LogP contribution < -0.4 is 10.6 Å². The standard InChI is InChI=1S/C11H16N2O2S/c1-8-6-16-7-9(8)4-13-11(14)10-5-15-3-2-12-10/h6-7,10,12H,2-5H2,1H3,(H,13,14). The molecule has 2 heterocycles. The topological polar surface area (TPSA) is 50.4 Å². The number of rotatable bonds is 3. The van der Waals surface area contributed by atoms with Gasteiger partial charge in [0.15, 0.2) is 0 Å². The van der Waals surface area contributed by atoms with Crippen LogP contribution in [-0.4, -0.2) is 31.7 Å². The largest absolute Gasteiger partial charge is 0.378 e. The summed E-state index contributed by atoms with van der Waals surface area (Å²) in [5.74, 6) is 0.0188. The van der Waals surface area contributed by atoms with Crippen molar-refractivity contribution in [3.05, 3.63) is 21.9 Å². The maximum atomic E-state index is 11.8. The van der Waals surface area contributed by atoms with Gasteiger partial charge in [0.2, 0.25) is 5.91 Å². The van der Waals surface area contributed by atoms with Crippen molar-refractivity contribution in [1.82, 2.24) is 10.6 Å². The number of hydrogen-bond acceptors (Lipinski definition) is 4. The number of nitrogens with one attached hydrogen (secondary N) is 2. The number of carbonyl (C=O) groups excluding carboxylic acids is 1. The van der Waals surface area contributed by atoms with Crippen molar-refractivity contribution in [1.29, 1.82) is 0 Å². The Labute approximate surface area is 99.0 Å². The summed E-state index contributed by atoms with van der Waals surface area (Å²) >= 11 is 1.66. The predicted molar refractivity (Wildman–Crippen MR) is 63.5 cm³/mol. The molecule has 0 saturated carbocycles. The number of thiophene rings is 1. The van der Waals surface area contributed by atoms with Crippen molar-refractivity contribution >= 4 is 17.2 Å². The Kier molecular flexibility index (Phi) is 3.93. The third-order valence-corrected chi connectivity index (χ3v) is 3.56. The number of hydrogen-bond donors (Lipinski definition) is 2. The van der Waals surface area contributed by atoms with E-state index >= 15 is 0 Å². The van der Waals surface area contributed by atoms with E-state index in [0.717, 1.165) is 6.54 Å². The van der Waals surface area contributed by atoms with Gasteiger partial charge in [-0.3, -0.25) is 4.79 Å². The number of morpholine rings is 1. The van der Waals surface area contributed by atoms with Gasteiger partial charge in [-0.05, 0) is 28.8 Å². The maximum Gasteiger partial charge on any atom is 0.239 e. The monoisotopic (exact) mass is 240 g/mol. The summed E-state index contributed by atoms with van der Waals surface area (Å²) in [6, 6.07) is -0.201. The third-order valence-electron chi connectivity index (χ3n) is 2.65. The van der Waals surface area contributed by atoms with E-state index in [4.69, 9.17) is 4.74 Å². The van der Waals surface area contributed by atoms with Gasteiger partial charge in [0.1, 0.15) is 6.04 Å². The van der Waals surface area contributed by atoms with Crippen molar-refractivity contribution in [2.45, 2.75) is 19.5 Å². The minimum absolute atomic E-state index is 0.0188. The average molecular weight is 240 g/mol. The van der Waals surface area contributed by atoms with E-state index in [1.165, 1.54) is 11.1 Å². The molecule has 1 fully saturated rings. The number of aryl methyl sites for hydroxylation is 1. The van der Waals surface area contributed by atoms with Crippen LogP contribution in [0.25, 0.3) is 0 Å². The van der Waals surface area contributed by atoms with Crippen LogP contribution in [0.15, 0.2) is 10.8 Å². The van der Waals surface area contributed by atoms with Crippen LogP contribution in [0.3, 0.4) is 0 Å². The summed E-state index contributed by atoms with van der Waals surface area (Å²) < 4.78 is 5.24. The molecule has 5 heteroatoms. The Balaban J connectivity index is 1.81. The fourth-order valence-electron chi connectivity index (χ4n) is 1.61. The van der Waals surface area contributed by atoms with Crippen LogP contribution in [0.4, 0.5) is 0 Å². The first-order valence-electron chi connectivity index (χ1n) is 5.38. The molecule has 1 unspecified atom stereocenters. The van der Waals surface area contributed by atoms with Crippen LogP contribution in [0, 0.1) is 6.92 Å². The van der Waals surface area contributed by atoms with E-state index in [0.29, 0.717) is 19.8 Å². The predicted octanol–water partition coefficient (Wildman–Crippen LogP) is 0.661. The third kappa shape index (κ3) is 2.81. The van der Waals surface area contributed by atoms with E-state index in [1.807, 2.05) is 0 Å². The van der Waals surface area contributed by atoms with Gasteiger partial charge in [0, 0.05) is 13.1 Å². The van der Waals surface area contributed by atoms with Crippen LogP contribution in [0.2, 0.25) is 0 Å². The molecule has 2 N–H and O–H groups in total. The Hall–Kier alpha value is -0.910. The highest BCUT2D eigenvalue weighted by atomic mass is 32.1. The molecular weight excluding hydrogens is 224 g/mol. The second-order valence-corrected chi connectivity index (χ2v) is 4.62. The summed E-state index contributed by atoms with van der Waals surface area (Å²) in [4.78, 5) is 11.8. The van der Waals surface area contributed by atoms with Crippen LogP contribution in [0.1, 0.15) is 11.1 Å². The molecule has 1 amide bonds. The first-order valence-corrected chi connectivity index (χ1v) is 6.32. The molecule has 2 rings (SSSR count). The summed E-state index contributed by atoms with van der Waals surface area (Å²) in [7, 11) is 0. The van der Waals surface area contributed by atoms with Crippen molar-refractivity contribution in [3.63, 3.8) is 0 Å². The van der Waals surface area contributed by atoms with Crippen molar-refractivity contribution in [2.24, 2.45) is 0 Å². The van der Waals surface area contributed by atoms with Crippen molar-refractivity contribution in [2.75, 3.05) is 19.8 Å². The summed E-state index contributed by atoms with van der Waals surface area (Å²) in [6.45, 7) is 4.56. The lowest BCUT2D eigenvalue weighted by molar-refractivity contribution is -0.126. The molecule has 0 aliphatic carbocycles. The highest BCUT2D eigenvalue weighted by Crippen LogP contribution is 2.13. The van der Waals surface area contributed by atoms with Gasteiger partial charge in [-0.25, -0.2) is 0 Å². The molecule has 1 aliphatic heterocycles. The van der Waals surface area contributed by atoms with Crippen molar-refractivity contribution < 1.29 is 9.53 Å². The van der Waals surface area contributed by atoms with Crippen molar-refractivity contribution in [3.8, 4) is 0 Å². The first-order chi connectivity index (χ1) is 7.77. The van der Waals surface area contributed by atoms with E-state index in [9.17, 15) is 4.79 Å². The zero-order chi connectivity index (χ0) is 11.4. The first kappa shape index (κ1) is 11.6. The maximum absolute atomic E-state index is 11.8. The van der Waals surface area contributed by atoms with Gasteiger partial charge in [0.05, 0.1) is 13.2 Å². The van der Waals surface area contributed by atoms with Gasteiger partial charge in [0.25, 0.3) is 0 Å². The van der Waals surface area contributed by atoms with Gasteiger partial charge in [-0.2, -0.15) is 11.3 Å². The molecule has 88 valence electrons. The molecule has 4 nitrogen and oxygen atoms in total. The second kappa shape index (κ2) is 5.43. The fraction of sp³-hybridized carbons (Fsp3) is 0.545. The highest BCUT2D eigenvalue weighted by Gasteiger charge is 2.20. The lowest BCUT2D eigenvalue weighted by Crippen LogP contribution is -2.51. The van der Waals surface area contributed by atoms with Crippen LogP contribution in [0.5, 0.6) is 0 Å². The smallest absolute Gasteiger partial charge is 0.239 e. The zero-order valence-electron chi connectivity index (χ0n) is 9.29. The van der Waals surface area contributed by atoms with E-state index in [-0.39, 0.29) is 11.9 Å². The number of amides is 1. The van der Waals surface area contributed by atoms with Gasteiger partial charge < -0.3 is 15.4 Å². The average Bonchev–Trinajstić information content (AvgIpc) is 2.73. The summed E-state index contributed by atoms with van der Waals surface area (Å²) in [5, 5.41) is 10.2. The van der Waals surface area contributed by atoms with E-state index in [2.05, 4.69) is 28.3 Å². The lowest BCUT2D eigenvalue weighted by atomic mass is 10.2. The molecule has 0 spiro atoms. The SMILES string of the molecule is Cc1cscc1CNC(=O)C1COCCN1. The summed E-state index contributed by atoms with van der Waals surface area (Å²) in [5.41, 5.74) is 2.42. The Morgan fingerprint density at radius 2 is 2.56 bits per heavy atom. The van der Waals surface area contributed by atoms with Gasteiger partial charge >= 0.3 is 0 Å². The molecule has 16 heavy (non-hydrogen) atoms. The van der Waals surface area contributed by atoms with Crippen LogP contribution >= 0.6 is 11.3 Å². The lowest BCUT2D eigenvalue weighted by Gasteiger charge is -2.22. The summed E-state index contributed by atoms with van der Waals surface area (Å²) in [6.07, 6.45) is 0. The molecule has 1 aromatic rings. The van der Waals surface area contributed by atoms with Gasteiger partial charge in [-0.1, -0.05) is 0 Å². The molecule has 0 aromatic carbocycles. The molecule has 1 saturated heterocycles. The molecule has 1 atom stereocenters. The Morgan fingerprint density at radius 1 is 1.69 bits per heavy atom. The number of ether oxygens (including phenoxy) is 1. The quantitative estimate of drug-likeness (QED) is 0.816. The fourth-order valence-corrected chi connectivity index (χ4v) is 2.46. The van der Waals surface area contributed by atoms with Crippen LogP contribution in [-0.2, 0) is 16.1 Å². The molecule has 0 radical (unpaired) electrons. The normalized spacial score (nSPS) is 20.7. The number of carbonyl (C=O) groups is 1. The minimum Gasteiger partial charge on any atom is -0.378 e. The van der Waals surface area contributed by atoms with E-state index < -0.39 is 0 Å². The minimum atomic E-state index is -0.201. The Bertz CT molecular complexity index is 359.